The number of aromatic nitrogens is 4. The molecule has 0 amide bonds. The first-order valence-electron chi connectivity index (χ1n) is 6.35. The third kappa shape index (κ3) is 2.16. The van der Waals surface area contributed by atoms with Gasteiger partial charge in [-0.1, -0.05) is 30.3 Å². The smallest absolute Gasteiger partial charge is 0.224 e. The number of nitrogen functional groups attached to an aromatic ring is 1. The van der Waals surface area contributed by atoms with Crippen molar-refractivity contribution in [3.63, 3.8) is 0 Å². The fraction of sp³-hybridized carbons (Fsp3) is 0.214. The number of fused-ring (bicyclic) bond motifs is 1. The van der Waals surface area contributed by atoms with Crippen molar-refractivity contribution < 1.29 is 0 Å². The van der Waals surface area contributed by atoms with E-state index in [0.29, 0.717) is 5.65 Å². The zero-order chi connectivity index (χ0) is 14.1. The first-order valence-corrected chi connectivity index (χ1v) is 6.35. The van der Waals surface area contributed by atoms with Crippen LogP contribution in [0.5, 0.6) is 0 Å². The molecule has 20 heavy (non-hydrogen) atoms. The van der Waals surface area contributed by atoms with E-state index in [0.717, 1.165) is 17.9 Å². The summed E-state index contributed by atoms with van der Waals surface area (Å²) in [5.41, 5.74) is 8.45. The molecule has 6 nitrogen and oxygen atoms in total. The van der Waals surface area contributed by atoms with Gasteiger partial charge in [-0.25, -0.2) is 4.98 Å². The van der Waals surface area contributed by atoms with Crippen molar-refractivity contribution in [2.45, 2.75) is 6.54 Å². The van der Waals surface area contributed by atoms with Crippen molar-refractivity contribution in [3.05, 3.63) is 42.2 Å². The molecule has 0 aliphatic heterocycles. The molecular formula is C14H16N6. The number of anilines is 2. The van der Waals surface area contributed by atoms with Gasteiger partial charge < -0.3 is 15.2 Å². The third-order valence-corrected chi connectivity index (χ3v) is 3.09. The fourth-order valence-corrected chi connectivity index (χ4v) is 2.19. The minimum atomic E-state index is 0.242. The summed E-state index contributed by atoms with van der Waals surface area (Å²) >= 11 is 0. The number of nitrogens with zero attached hydrogens (tertiary/aromatic N) is 5. The maximum absolute atomic E-state index is 5.73. The molecule has 0 aliphatic carbocycles. The average molecular weight is 268 g/mol. The second kappa shape index (κ2) is 4.80. The molecule has 0 spiro atoms. The van der Waals surface area contributed by atoms with Gasteiger partial charge >= 0.3 is 0 Å². The normalized spacial score (nSPS) is 10.9. The van der Waals surface area contributed by atoms with Crippen molar-refractivity contribution >= 4 is 22.9 Å². The predicted octanol–water partition coefficient (Wildman–Crippen LogP) is 1.52. The standard InChI is InChI=1S/C14H16N6/c1-19(2)13-11-12(17-14(15)18-13)16-9-20(11)8-10-6-4-3-5-7-10/h3-7,9H,8H2,1-2H3,(H2,15,17,18). The van der Waals surface area contributed by atoms with E-state index in [-0.39, 0.29) is 5.95 Å². The Morgan fingerprint density at radius 3 is 2.60 bits per heavy atom. The van der Waals surface area contributed by atoms with Gasteiger partial charge in [0, 0.05) is 20.6 Å². The summed E-state index contributed by atoms with van der Waals surface area (Å²) in [4.78, 5) is 14.7. The third-order valence-electron chi connectivity index (χ3n) is 3.09. The zero-order valence-electron chi connectivity index (χ0n) is 11.5. The molecule has 0 aliphatic rings. The topological polar surface area (TPSA) is 72.9 Å². The number of nitrogens with two attached hydrogens (primary N) is 1. The highest BCUT2D eigenvalue weighted by Gasteiger charge is 2.14. The Hall–Kier alpha value is -2.63. The van der Waals surface area contributed by atoms with Crippen molar-refractivity contribution in [1.82, 2.24) is 19.5 Å². The van der Waals surface area contributed by atoms with Crippen LogP contribution in [0, 0.1) is 0 Å². The molecular weight excluding hydrogens is 252 g/mol. The number of benzene rings is 1. The van der Waals surface area contributed by atoms with Crippen molar-refractivity contribution in [2.24, 2.45) is 0 Å². The van der Waals surface area contributed by atoms with E-state index in [1.807, 2.05) is 41.8 Å². The molecule has 0 fully saturated rings. The van der Waals surface area contributed by atoms with E-state index >= 15 is 0 Å². The van der Waals surface area contributed by atoms with Crippen LogP contribution in [0.15, 0.2) is 36.7 Å². The first kappa shape index (κ1) is 12.4. The van der Waals surface area contributed by atoms with Gasteiger partial charge in [0.15, 0.2) is 11.5 Å². The van der Waals surface area contributed by atoms with Crippen LogP contribution in [0.2, 0.25) is 0 Å². The van der Waals surface area contributed by atoms with Gasteiger partial charge in [0.1, 0.15) is 5.52 Å². The zero-order valence-corrected chi connectivity index (χ0v) is 11.5. The van der Waals surface area contributed by atoms with Crippen LogP contribution in [0.1, 0.15) is 5.56 Å². The lowest BCUT2D eigenvalue weighted by atomic mass is 10.2. The maximum Gasteiger partial charge on any atom is 0.224 e. The number of rotatable bonds is 3. The predicted molar refractivity (Wildman–Crippen MR) is 79.6 cm³/mol. The molecule has 6 heteroatoms. The summed E-state index contributed by atoms with van der Waals surface area (Å²) in [6.45, 7) is 0.728. The SMILES string of the molecule is CN(C)c1nc(N)nc2ncn(Cc3ccccc3)c12. The van der Waals surface area contributed by atoms with Crippen LogP contribution < -0.4 is 10.6 Å². The molecule has 0 atom stereocenters. The lowest BCUT2D eigenvalue weighted by Gasteiger charge is -2.14. The maximum atomic E-state index is 5.73. The summed E-state index contributed by atoms with van der Waals surface area (Å²) in [5.74, 6) is 1.02. The van der Waals surface area contributed by atoms with Gasteiger partial charge in [-0.2, -0.15) is 9.97 Å². The van der Waals surface area contributed by atoms with Gasteiger partial charge in [0.25, 0.3) is 0 Å². The Balaban J connectivity index is 2.12. The van der Waals surface area contributed by atoms with Gasteiger partial charge in [-0.15, -0.1) is 0 Å². The van der Waals surface area contributed by atoms with Gasteiger partial charge in [-0.05, 0) is 5.56 Å². The van der Waals surface area contributed by atoms with Gasteiger partial charge in [-0.3, -0.25) is 0 Å². The average Bonchev–Trinajstić information content (AvgIpc) is 2.82. The Morgan fingerprint density at radius 1 is 1.15 bits per heavy atom. The van der Waals surface area contributed by atoms with Crippen LogP contribution in [-0.4, -0.2) is 33.6 Å². The largest absolute Gasteiger partial charge is 0.368 e. The van der Waals surface area contributed by atoms with E-state index in [2.05, 4.69) is 27.1 Å². The molecule has 0 saturated carbocycles. The summed E-state index contributed by atoms with van der Waals surface area (Å²) < 4.78 is 2.04. The summed E-state index contributed by atoms with van der Waals surface area (Å²) in [6.07, 6.45) is 1.78. The Kier molecular flexibility index (Phi) is 2.98. The van der Waals surface area contributed by atoms with Crippen LogP contribution in [0.25, 0.3) is 11.2 Å². The molecule has 2 aromatic heterocycles. The molecule has 0 saturated heterocycles. The molecule has 0 radical (unpaired) electrons. The van der Waals surface area contributed by atoms with E-state index < -0.39 is 0 Å². The molecule has 0 bridgehead atoms. The van der Waals surface area contributed by atoms with Crippen LogP contribution in [0.3, 0.4) is 0 Å². The molecule has 2 heterocycles. The van der Waals surface area contributed by atoms with E-state index in [1.54, 1.807) is 6.33 Å². The molecule has 0 unspecified atom stereocenters. The minimum absolute atomic E-state index is 0.242. The Bertz CT molecular complexity index is 732. The lowest BCUT2D eigenvalue weighted by Crippen LogP contribution is -2.14. The Labute approximate surface area is 116 Å². The molecule has 3 aromatic rings. The van der Waals surface area contributed by atoms with Gasteiger partial charge in [0.05, 0.1) is 6.33 Å². The van der Waals surface area contributed by atoms with Crippen LogP contribution in [0.4, 0.5) is 11.8 Å². The molecule has 3 rings (SSSR count). The van der Waals surface area contributed by atoms with E-state index in [1.165, 1.54) is 5.56 Å². The first-order chi connectivity index (χ1) is 9.65. The monoisotopic (exact) mass is 268 g/mol. The van der Waals surface area contributed by atoms with E-state index in [4.69, 9.17) is 5.73 Å². The highest BCUT2D eigenvalue weighted by atomic mass is 15.2. The second-order valence-electron chi connectivity index (χ2n) is 4.83. The second-order valence-corrected chi connectivity index (χ2v) is 4.83. The fourth-order valence-electron chi connectivity index (χ4n) is 2.19. The number of hydrogen-bond donors (Lipinski definition) is 1. The summed E-state index contributed by atoms with van der Waals surface area (Å²) in [6, 6.07) is 10.2. The van der Waals surface area contributed by atoms with Crippen molar-refractivity contribution in [1.29, 1.82) is 0 Å². The molecule has 1 aromatic carbocycles. The highest BCUT2D eigenvalue weighted by molar-refractivity contribution is 5.84. The Morgan fingerprint density at radius 2 is 1.90 bits per heavy atom. The van der Waals surface area contributed by atoms with Crippen LogP contribution in [-0.2, 0) is 6.54 Å². The summed E-state index contributed by atoms with van der Waals surface area (Å²) in [7, 11) is 3.86. The van der Waals surface area contributed by atoms with E-state index in [9.17, 15) is 0 Å². The van der Waals surface area contributed by atoms with Crippen molar-refractivity contribution in [3.8, 4) is 0 Å². The highest BCUT2D eigenvalue weighted by Crippen LogP contribution is 2.23. The summed E-state index contributed by atoms with van der Waals surface area (Å²) in [5, 5.41) is 0. The molecule has 2 N–H and O–H groups in total. The van der Waals surface area contributed by atoms with Gasteiger partial charge in [0.2, 0.25) is 5.95 Å². The quantitative estimate of drug-likeness (QED) is 0.779. The van der Waals surface area contributed by atoms with Crippen LogP contribution >= 0.6 is 0 Å². The molecule has 102 valence electrons. The minimum Gasteiger partial charge on any atom is -0.368 e. The number of hydrogen-bond acceptors (Lipinski definition) is 5. The van der Waals surface area contributed by atoms with Crippen molar-refractivity contribution in [2.75, 3.05) is 24.7 Å². The number of imidazole rings is 1. The lowest BCUT2D eigenvalue weighted by molar-refractivity contribution is 0.821.